The monoisotopic (exact) mass is 304 g/mol. The molecule has 0 bridgehead atoms. The zero-order valence-electron chi connectivity index (χ0n) is 8.01. The average Bonchev–Trinajstić information content (AvgIpc) is 2.58. The van der Waals surface area contributed by atoms with Crippen LogP contribution in [0.2, 0.25) is 0 Å². The zero-order valence-corrected chi connectivity index (χ0v) is 10.4. The first-order valence-electron chi connectivity index (χ1n) is 4.40. The Labute approximate surface area is 103 Å². The summed E-state index contributed by atoms with van der Waals surface area (Å²) in [6, 6.07) is 2.10. The lowest BCUT2D eigenvalue weighted by Crippen LogP contribution is -1.94. The topological polar surface area (TPSA) is 38.9 Å². The summed E-state index contributed by atoms with van der Waals surface area (Å²) in [7, 11) is 0. The molecule has 0 amide bonds. The van der Waals surface area contributed by atoms with E-state index < -0.39 is 11.6 Å². The van der Waals surface area contributed by atoms with Crippen molar-refractivity contribution in [3.63, 3.8) is 0 Å². The number of hydrogen-bond acceptors (Lipinski definition) is 3. The number of hydrogen-bond donors (Lipinski definition) is 1. The van der Waals surface area contributed by atoms with Gasteiger partial charge in [-0.15, -0.1) is 11.3 Å². The van der Waals surface area contributed by atoms with Crippen LogP contribution in [0.25, 0.3) is 0 Å². The van der Waals surface area contributed by atoms with Crippen LogP contribution in [-0.4, -0.2) is 4.98 Å². The standard InChI is InChI=1S/C10H7BrF2N2S/c11-8-1-5(12)2-9(13)7(8)3-6-4-15-10(14)16-6/h1-2,4H,3H2,(H2,14,15). The van der Waals surface area contributed by atoms with Crippen molar-refractivity contribution in [2.24, 2.45) is 0 Å². The van der Waals surface area contributed by atoms with Crippen molar-refractivity contribution < 1.29 is 8.78 Å². The molecule has 0 radical (unpaired) electrons. The Morgan fingerprint density at radius 1 is 1.38 bits per heavy atom. The number of benzene rings is 1. The molecule has 0 saturated heterocycles. The molecular weight excluding hydrogens is 298 g/mol. The third kappa shape index (κ3) is 2.38. The fourth-order valence-corrected chi connectivity index (χ4v) is 2.56. The van der Waals surface area contributed by atoms with E-state index in [2.05, 4.69) is 20.9 Å². The molecule has 0 fully saturated rings. The predicted octanol–water partition coefficient (Wildman–Crippen LogP) is 3.36. The summed E-state index contributed by atoms with van der Waals surface area (Å²) in [6.07, 6.45) is 1.94. The molecule has 16 heavy (non-hydrogen) atoms. The van der Waals surface area contributed by atoms with Crippen LogP contribution in [0.4, 0.5) is 13.9 Å². The maximum atomic E-state index is 13.5. The number of halogens is 3. The van der Waals surface area contributed by atoms with E-state index in [9.17, 15) is 8.78 Å². The van der Waals surface area contributed by atoms with Gasteiger partial charge in [0, 0.05) is 33.6 Å². The Morgan fingerprint density at radius 3 is 2.69 bits per heavy atom. The predicted molar refractivity (Wildman–Crippen MR) is 63.4 cm³/mol. The van der Waals surface area contributed by atoms with Crippen LogP contribution in [-0.2, 0) is 6.42 Å². The quantitative estimate of drug-likeness (QED) is 0.924. The maximum Gasteiger partial charge on any atom is 0.180 e. The summed E-state index contributed by atoms with van der Waals surface area (Å²) in [5.41, 5.74) is 5.88. The van der Waals surface area contributed by atoms with Crippen LogP contribution in [0.1, 0.15) is 10.4 Å². The van der Waals surface area contributed by atoms with Crippen molar-refractivity contribution in [2.45, 2.75) is 6.42 Å². The summed E-state index contributed by atoms with van der Waals surface area (Å²) in [6.45, 7) is 0. The number of nitrogen functional groups attached to an aromatic ring is 1. The Kier molecular flexibility index (Phi) is 3.20. The number of anilines is 1. The highest BCUT2D eigenvalue weighted by molar-refractivity contribution is 9.10. The fraction of sp³-hybridized carbons (Fsp3) is 0.100. The van der Waals surface area contributed by atoms with Crippen molar-refractivity contribution in [1.29, 1.82) is 0 Å². The molecule has 1 aromatic carbocycles. The van der Waals surface area contributed by atoms with Crippen LogP contribution in [0, 0.1) is 11.6 Å². The number of nitrogens with zero attached hydrogens (tertiary/aromatic N) is 1. The molecule has 0 aliphatic carbocycles. The number of thiazole rings is 1. The lowest BCUT2D eigenvalue weighted by molar-refractivity contribution is 0.573. The van der Waals surface area contributed by atoms with Gasteiger partial charge in [-0.2, -0.15) is 0 Å². The first-order valence-corrected chi connectivity index (χ1v) is 6.01. The Morgan fingerprint density at radius 2 is 2.12 bits per heavy atom. The van der Waals surface area contributed by atoms with E-state index in [1.165, 1.54) is 17.4 Å². The third-order valence-electron chi connectivity index (χ3n) is 2.03. The minimum absolute atomic E-state index is 0.349. The zero-order chi connectivity index (χ0) is 11.7. The van der Waals surface area contributed by atoms with Gasteiger partial charge in [0.2, 0.25) is 0 Å². The van der Waals surface area contributed by atoms with Crippen LogP contribution < -0.4 is 5.73 Å². The number of aromatic nitrogens is 1. The summed E-state index contributed by atoms with van der Waals surface area (Å²) in [5.74, 6) is -1.17. The Hall–Kier alpha value is -1.01. The smallest absolute Gasteiger partial charge is 0.180 e. The second-order valence-corrected chi connectivity index (χ2v) is 5.19. The molecule has 0 saturated carbocycles. The van der Waals surface area contributed by atoms with E-state index in [1.807, 2.05) is 0 Å². The second-order valence-electron chi connectivity index (χ2n) is 3.19. The van der Waals surface area contributed by atoms with Crippen LogP contribution in [0.3, 0.4) is 0 Å². The molecule has 0 unspecified atom stereocenters. The molecule has 2 nitrogen and oxygen atoms in total. The Bertz CT molecular complexity index is 504. The van der Waals surface area contributed by atoms with Crippen molar-refractivity contribution >= 4 is 32.4 Å². The first-order chi connectivity index (χ1) is 7.56. The van der Waals surface area contributed by atoms with Crippen molar-refractivity contribution in [3.8, 4) is 0 Å². The average molecular weight is 305 g/mol. The van der Waals surface area contributed by atoms with E-state index >= 15 is 0 Å². The molecule has 2 N–H and O–H groups in total. The molecule has 1 aromatic heterocycles. The highest BCUT2D eigenvalue weighted by Crippen LogP contribution is 2.26. The van der Waals surface area contributed by atoms with Gasteiger partial charge in [0.1, 0.15) is 11.6 Å². The van der Waals surface area contributed by atoms with Crippen molar-refractivity contribution in [3.05, 3.63) is 44.9 Å². The molecule has 2 aromatic rings. The van der Waals surface area contributed by atoms with Gasteiger partial charge in [-0.3, -0.25) is 0 Å². The lowest BCUT2D eigenvalue weighted by Gasteiger charge is -2.04. The largest absolute Gasteiger partial charge is 0.375 e. The fourth-order valence-electron chi connectivity index (χ4n) is 1.32. The van der Waals surface area contributed by atoms with Gasteiger partial charge in [0.25, 0.3) is 0 Å². The third-order valence-corrected chi connectivity index (χ3v) is 3.56. The van der Waals surface area contributed by atoms with Gasteiger partial charge >= 0.3 is 0 Å². The van der Waals surface area contributed by atoms with Gasteiger partial charge in [0.15, 0.2) is 5.13 Å². The normalized spacial score (nSPS) is 10.7. The highest BCUT2D eigenvalue weighted by Gasteiger charge is 2.11. The second kappa shape index (κ2) is 4.47. The number of rotatable bonds is 2. The SMILES string of the molecule is Nc1ncc(Cc2c(F)cc(F)cc2Br)s1. The molecule has 6 heteroatoms. The van der Waals surface area contributed by atoms with Crippen molar-refractivity contribution in [1.82, 2.24) is 4.98 Å². The maximum absolute atomic E-state index is 13.5. The number of nitrogens with two attached hydrogens (primary N) is 1. The van der Waals surface area contributed by atoms with Crippen LogP contribution >= 0.6 is 27.3 Å². The minimum Gasteiger partial charge on any atom is -0.375 e. The molecule has 0 aliphatic rings. The van der Waals surface area contributed by atoms with Gasteiger partial charge in [-0.25, -0.2) is 13.8 Å². The van der Waals surface area contributed by atoms with Gasteiger partial charge in [0.05, 0.1) is 0 Å². The first kappa shape index (κ1) is 11.5. The minimum atomic E-state index is -0.600. The summed E-state index contributed by atoms with van der Waals surface area (Å²) < 4.78 is 26.8. The van der Waals surface area contributed by atoms with E-state index in [0.29, 0.717) is 21.6 Å². The highest BCUT2D eigenvalue weighted by atomic mass is 79.9. The molecule has 1 heterocycles. The van der Waals surface area contributed by atoms with E-state index in [0.717, 1.165) is 10.9 Å². The summed E-state index contributed by atoms with van der Waals surface area (Å²) >= 11 is 4.42. The molecule has 2 rings (SSSR count). The van der Waals surface area contributed by atoms with E-state index in [1.54, 1.807) is 6.20 Å². The molecule has 0 atom stereocenters. The molecule has 0 aliphatic heterocycles. The van der Waals surface area contributed by atoms with Gasteiger partial charge in [-0.05, 0) is 6.07 Å². The summed E-state index contributed by atoms with van der Waals surface area (Å²) in [4.78, 5) is 4.71. The van der Waals surface area contributed by atoms with Crippen LogP contribution in [0.15, 0.2) is 22.8 Å². The molecule has 0 spiro atoms. The van der Waals surface area contributed by atoms with Gasteiger partial charge < -0.3 is 5.73 Å². The van der Waals surface area contributed by atoms with Crippen LogP contribution in [0.5, 0.6) is 0 Å². The summed E-state index contributed by atoms with van der Waals surface area (Å²) in [5, 5.41) is 0.439. The van der Waals surface area contributed by atoms with E-state index in [4.69, 9.17) is 5.73 Å². The van der Waals surface area contributed by atoms with E-state index in [-0.39, 0.29) is 0 Å². The Balaban J connectivity index is 2.34. The lowest BCUT2D eigenvalue weighted by atomic mass is 10.1. The van der Waals surface area contributed by atoms with Gasteiger partial charge in [-0.1, -0.05) is 15.9 Å². The molecule has 84 valence electrons. The molecular formula is C10H7BrF2N2S. The van der Waals surface area contributed by atoms with Crippen molar-refractivity contribution in [2.75, 3.05) is 5.73 Å².